The van der Waals surface area contributed by atoms with Gasteiger partial charge in [-0.1, -0.05) is 11.6 Å². The van der Waals surface area contributed by atoms with E-state index in [4.69, 9.17) is 17.3 Å². The van der Waals surface area contributed by atoms with E-state index in [1.807, 2.05) is 0 Å². The van der Waals surface area contributed by atoms with Crippen molar-refractivity contribution >= 4 is 28.9 Å². The van der Waals surface area contributed by atoms with Crippen molar-refractivity contribution in [2.45, 2.75) is 19.0 Å². The number of carbonyl (C=O) groups excluding carboxylic acids is 1. The fraction of sp³-hybridized carbons (Fsp3) is 0.300. The van der Waals surface area contributed by atoms with Gasteiger partial charge in [-0.25, -0.2) is 0 Å². The van der Waals surface area contributed by atoms with Crippen LogP contribution in [0, 0.1) is 0 Å². The second kappa shape index (κ2) is 5.27. The van der Waals surface area contributed by atoms with Crippen molar-refractivity contribution in [1.82, 2.24) is 0 Å². The first kappa shape index (κ1) is 13.6. The van der Waals surface area contributed by atoms with Gasteiger partial charge in [0.2, 0.25) is 5.91 Å². The van der Waals surface area contributed by atoms with E-state index in [0.29, 0.717) is 5.02 Å². The largest absolute Gasteiger partial charge is 0.397 e. The molecule has 7 heteroatoms. The number of hydrogen-bond acceptors (Lipinski definition) is 2. The topological polar surface area (TPSA) is 55.1 Å². The number of nitrogens with one attached hydrogen (secondary N) is 1. The van der Waals surface area contributed by atoms with Crippen LogP contribution in [-0.4, -0.2) is 12.1 Å². The van der Waals surface area contributed by atoms with E-state index < -0.39 is 24.9 Å². The Labute approximate surface area is 101 Å². The standard InChI is InChI=1S/C10H10ClF3N2O/c11-6-1-2-8(7(15)5-6)16-9(17)3-4-10(12,13)14/h1-2,5H,3-4,15H2,(H,16,17). The number of rotatable bonds is 3. The van der Waals surface area contributed by atoms with Gasteiger partial charge < -0.3 is 11.1 Å². The van der Waals surface area contributed by atoms with Crippen LogP contribution in [0.5, 0.6) is 0 Å². The molecule has 17 heavy (non-hydrogen) atoms. The fourth-order valence-electron chi connectivity index (χ4n) is 1.12. The number of anilines is 2. The molecule has 0 radical (unpaired) electrons. The Morgan fingerprint density at radius 1 is 1.41 bits per heavy atom. The second-order valence-electron chi connectivity index (χ2n) is 3.39. The number of nitrogen functional groups attached to an aromatic ring is 1. The maximum atomic E-state index is 11.9. The van der Waals surface area contributed by atoms with Gasteiger partial charge in [0.05, 0.1) is 17.8 Å². The van der Waals surface area contributed by atoms with Crippen molar-refractivity contribution in [3.05, 3.63) is 23.2 Å². The highest BCUT2D eigenvalue weighted by Gasteiger charge is 2.27. The molecule has 3 nitrogen and oxygen atoms in total. The van der Waals surface area contributed by atoms with Crippen LogP contribution < -0.4 is 11.1 Å². The molecule has 0 aliphatic carbocycles. The molecule has 0 atom stereocenters. The maximum absolute atomic E-state index is 11.9. The average molecular weight is 267 g/mol. The molecule has 0 spiro atoms. The number of amides is 1. The highest BCUT2D eigenvalue weighted by molar-refractivity contribution is 6.31. The molecule has 0 saturated carbocycles. The van der Waals surface area contributed by atoms with E-state index in [1.54, 1.807) is 0 Å². The summed E-state index contributed by atoms with van der Waals surface area (Å²) in [5.41, 5.74) is 5.99. The zero-order chi connectivity index (χ0) is 13.1. The maximum Gasteiger partial charge on any atom is 0.389 e. The summed E-state index contributed by atoms with van der Waals surface area (Å²) < 4.78 is 35.6. The van der Waals surface area contributed by atoms with Gasteiger partial charge in [0.15, 0.2) is 0 Å². The zero-order valence-electron chi connectivity index (χ0n) is 8.64. The average Bonchev–Trinajstić information content (AvgIpc) is 2.18. The summed E-state index contributed by atoms with van der Waals surface area (Å²) in [6.07, 6.45) is -6.14. The summed E-state index contributed by atoms with van der Waals surface area (Å²) in [5.74, 6) is -0.739. The van der Waals surface area contributed by atoms with E-state index in [2.05, 4.69) is 5.32 Å². The third-order valence-electron chi connectivity index (χ3n) is 1.92. The predicted molar refractivity (Wildman–Crippen MR) is 59.8 cm³/mol. The summed E-state index contributed by atoms with van der Waals surface area (Å²) >= 11 is 5.63. The quantitative estimate of drug-likeness (QED) is 0.826. The zero-order valence-corrected chi connectivity index (χ0v) is 9.40. The first-order valence-corrected chi connectivity index (χ1v) is 5.07. The molecular weight excluding hydrogens is 257 g/mol. The van der Waals surface area contributed by atoms with Gasteiger partial charge in [-0.2, -0.15) is 13.2 Å². The number of hydrogen-bond donors (Lipinski definition) is 2. The first-order chi connectivity index (χ1) is 7.78. The lowest BCUT2D eigenvalue weighted by molar-refractivity contribution is -0.142. The molecule has 0 heterocycles. The van der Waals surface area contributed by atoms with Crippen LogP contribution in [0.3, 0.4) is 0 Å². The number of benzene rings is 1. The van der Waals surface area contributed by atoms with Gasteiger partial charge in [0.1, 0.15) is 0 Å². The predicted octanol–water partition coefficient (Wildman–Crippen LogP) is 3.20. The lowest BCUT2D eigenvalue weighted by atomic mass is 10.2. The molecule has 0 saturated heterocycles. The smallest absolute Gasteiger partial charge is 0.389 e. The Hall–Kier alpha value is -1.43. The van der Waals surface area contributed by atoms with Crippen LogP contribution in [0.25, 0.3) is 0 Å². The van der Waals surface area contributed by atoms with Crippen LogP contribution in [0.4, 0.5) is 24.5 Å². The lowest BCUT2D eigenvalue weighted by Crippen LogP contribution is -2.17. The van der Waals surface area contributed by atoms with Gasteiger partial charge in [-0.15, -0.1) is 0 Å². The van der Waals surface area contributed by atoms with Crippen molar-refractivity contribution in [2.24, 2.45) is 0 Å². The van der Waals surface area contributed by atoms with Crippen LogP contribution in [0.1, 0.15) is 12.8 Å². The van der Waals surface area contributed by atoms with E-state index in [1.165, 1.54) is 18.2 Å². The number of alkyl halides is 3. The van der Waals surface area contributed by atoms with Gasteiger partial charge >= 0.3 is 6.18 Å². The molecule has 0 aromatic heterocycles. The lowest BCUT2D eigenvalue weighted by Gasteiger charge is -2.09. The van der Waals surface area contributed by atoms with Gasteiger partial charge in [-0.05, 0) is 18.2 Å². The Bertz CT molecular complexity index is 421. The van der Waals surface area contributed by atoms with E-state index in [-0.39, 0.29) is 11.4 Å². The van der Waals surface area contributed by atoms with Crippen LogP contribution in [0.15, 0.2) is 18.2 Å². The highest BCUT2D eigenvalue weighted by Crippen LogP contribution is 2.24. The van der Waals surface area contributed by atoms with Crippen molar-refractivity contribution in [3.63, 3.8) is 0 Å². The molecule has 0 aliphatic heterocycles. The molecule has 0 bridgehead atoms. The monoisotopic (exact) mass is 266 g/mol. The number of carbonyl (C=O) groups is 1. The summed E-state index contributed by atoms with van der Waals surface area (Å²) in [7, 11) is 0. The molecule has 1 rings (SSSR count). The minimum absolute atomic E-state index is 0.206. The van der Waals surface area contributed by atoms with Crippen molar-refractivity contribution < 1.29 is 18.0 Å². The van der Waals surface area contributed by atoms with Gasteiger partial charge in [0, 0.05) is 11.4 Å². The van der Waals surface area contributed by atoms with Gasteiger partial charge in [0.25, 0.3) is 0 Å². The first-order valence-electron chi connectivity index (χ1n) is 4.69. The Morgan fingerprint density at radius 3 is 2.59 bits per heavy atom. The molecule has 1 aromatic rings. The minimum atomic E-state index is -4.34. The minimum Gasteiger partial charge on any atom is -0.397 e. The summed E-state index contributed by atoms with van der Waals surface area (Å²) in [6.45, 7) is 0. The summed E-state index contributed by atoms with van der Waals surface area (Å²) in [5, 5.41) is 2.67. The van der Waals surface area contributed by atoms with Gasteiger partial charge in [-0.3, -0.25) is 4.79 Å². The van der Waals surface area contributed by atoms with Crippen molar-refractivity contribution in [1.29, 1.82) is 0 Å². The SMILES string of the molecule is Nc1cc(Cl)ccc1NC(=O)CCC(F)(F)F. The van der Waals surface area contributed by atoms with Crippen molar-refractivity contribution in [3.8, 4) is 0 Å². The van der Waals surface area contributed by atoms with E-state index in [9.17, 15) is 18.0 Å². The Kier molecular flexibility index (Phi) is 4.22. The third kappa shape index (κ3) is 4.95. The van der Waals surface area contributed by atoms with E-state index in [0.717, 1.165) is 0 Å². The molecule has 1 aromatic carbocycles. The summed E-state index contributed by atoms with van der Waals surface area (Å²) in [6, 6.07) is 4.32. The molecule has 3 N–H and O–H groups in total. The normalized spacial score (nSPS) is 11.3. The number of nitrogens with two attached hydrogens (primary N) is 1. The van der Waals surface area contributed by atoms with Crippen LogP contribution >= 0.6 is 11.6 Å². The highest BCUT2D eigenvalue weighted by atomic mass is 35.5. The molecule has 94 valence electrons. The fourth-order valence-corrected chi connectivity index (χ4v) is 1.30. The van der Waals surface area contributed by atoms with Crippen molar-refractivity contribution in [2.75, 3.05) is 11.1 Å². The third-order valence-corrected chi connectivity index (χ3v) is 2.16. The Morgan fingerprint density at radius 2 is 2.06 bits per heavy atom. The molecule has 0 aliphatic rings. The summed E-state index contributed by atoms with van der Waals surface area (Å²) in [4.78, 5) is 11.2. The number of halogens is 4. The van der Waals surface area contributed by atoms with Crippen LogP contribution in [-0.2, 0) is 4.79 Å². The van der Waals surface area contributed by atoms with Crippen LogP contribution in [0.2, 0.25) is 5.02 Å². The van der Waals surface area contributed by atoms with E-state index >= 15 is 0 Å². The second-order valence-corrected chi connectivity index (χ2v) is 3.83. The molecule has 1 amide bonds. The molecule has 0 unspecified atom stereocenters. The Balaban J connectivity index is 2.57. The molecular formula is C10H10ClF3N2O. The molecule has 0 fully saturated rings.